The molecule has 8 heteroatoms. The second-order valence-electron chi connectivity index (χ2n) is 6.71. The number of aromatic nitrogens is 2. The Kier molecular flexibility index (Phi) is 5.85. The minimum absolute atomic E-state index is 0.00181. The Morgan fingerprint density at radius 2 is 2.14 bits per heavy atom. The van der Waals surface area contributed by atoms with Gasteiger partial charge >= 0.3 is 0 Å². The van der Waals surface area contributed by atoms with Crippen molar-refractivity contribution in [1.29, 1.82) is 10.7 Å². The molecule has 1 aromatic heterocycles. The van der Waals surface area contributed by atoms with Crippen molar-refractivity contribution in [2.24, 2.45) is 5.92 Å². The van der Waals surface area contributed by atoms with Crippen LogP contribution in [0.5, 0.6) is 17.4 Å². The number of hydrogen-bond donors (Lipinski definition) is 2. The number of fused-ring (bicyclic) bond motifs is 1. The molecule has 0 fully saturated rings. The SMILES string of the molecule is CCOc1cc(C2c3c(n[nH]c3COC)OC(=N)C2C#N)ccc1OC(C)C. The van der Waals surface area contributed by atoms with Gasteiger partial charge in [0.25, 0.3) is 0 Å². The fourth-order valence-electron chi connectivity index (χ4n) is 3.34. The van der Waals surface area contributed by atoms with Gasteiger partial charge in [-0.1, -0.05) is 6.07 Å². The summed E-state index contributed by atoms with van der Waals surface area (Å²) < 4.78 is 22.3. The number of methoxy groups -OCH3 is 1. The highest BCUT2D eigenvalue weighted by atomic mass is 16.5. The number of hydrogen-bond acceptors (Lipinski definition) is 7. The number of nitrogens with one attached hydrogen (secondary N) is 2. The zero-order valence-corrected chi connectivity index (χ0v) is 16.4. The van der Waals surface area contributed by atoms with E-state index in [9.17, 15) is 5.26 Å². The Labute approximate surface area is 163 Å². The van der Waals surface area contributed by atoms with Crippen LogP contribution in [0.1, 0.15) is 43.5 Å². The van der Waals surface area contributed by atoms with Crippen LogP contribution in [0.4, 0.5) is 0 Å². The molecule has 0 bridgehead atoms. The van der Waals surface area contributed by atoms with Crippen molar-refractivity contribution in [2.45, 2.75) is 39.4 Å². The van der Waals surface area contributed by atoms with Crippen molar-refractivity contribution >= 4 is 5.90 Å². The molecule has 148 valence electrons. The van der Waals surface area contributed by atoms with E-state index in [1.165, 1.54) is 0 Å². The van der Waals surface area contributed by atoms with Crippen LogP contribution in [0.15, 0.2) is 18.2 Å². The van der Waals surface area contributed by atoms with Gasteiger partial charge in [-0.25, -0.2) is 0 Å². The Balaban J connectivity index is 2.12. The second kappa shape index (κ2) is 8.31. The van der Waals surface area contributed by atoms with Crippen LogP contribution in [0.2, 0.25) is 0 Å². The highest BCUT2D eigenvalue weighted by molar-refractivity contribution is 5.84. The lowest BCUT2D eigenvalue weighted by Crippen LogP contribution is -2.31. The summed E-state index contributed by atoms with van der Waals surface area (Å²) in [5.41, 5.74) is 2.26. The third-order valence-electron chi connectivity index (χ3n) is 4.40. The summed E-state index contributed by atoms with van der Waals surface area (Å²) in [5.74, 6) is 0.192. The quantitative estimate of drug-likeness (QED) is 0.756. The maximum absolute atomic E-state index is 9.73. The lowest BCUT2D eigenvalue weighted by molar-refractivity contribution is 0.180. The smallest absolute Gasteiger partial charge is 0.243 e. The summed E-state index contributed by atoms with van der Waals surface area (Å²) in [7, 11) is 1.58. The minimum Gasteiger partial charge on any atom is -0.490 e. The zero-order chi connectivity index (χ0) is 20.3. The van der Waals surface area contributed by atoms with E-state index in [0.717, 1.165) is 16.8 Å². The Morgan fingerprint density at radius 1 is 1.36 bits per heavy atom. The summed E-state index contributed by atoms with van der Waals surface area (Å²) in [4.78, 5) is 0. The van der Waals surface area contributed by atoms with Gasteiger partial charge < -0.3 is 18.9 Å². The number of rotatable bonds is 7. The molecule has 0 radical (unpaired) electrons. The lowest BCUT2D eigenvalue weighted by Gasteiger charge is -2.28. The summed E-state index contributed by atoms with van der Waals surface area (Å²) in [6.07, 6.45) is 0.00181. The molecule has 0 spiro atoms. The number of ether oxygens (including phenoxy) is 4. The topological polar surface area (TPSA) is 113 Å². The molecule has 8 nitrogen and oxygen atoms in total. The highest BCUT2D eigenvalue weighted by Gasteiger charge is 2.40. The number of aromatic amines is 1. The van der Waals surface area contributed by atoms with Crippen molar-refractivity contribution in [3.05, 3.63) is 35.0 Å². The first-order valence-corrected chi connectivity index (χ1v) is 9.15. The van der Waals surface area contributed by atoms with Crippen molar-refractivity contribution < 1.29 is 18.9 Å². The maximum atomic E-state index is 9.73. The van der Waals surface area contributed by atoms with Crippen LogP contribution in [-0.2, 0) is 11.3 Å². The summed E-state index contributed by atoms with van der Waals surface area (Å²) in [6, 6.07) is 7.79. The predicted molar refractivity (Wildman–Crippen MR) is 102 cm³/mol. The minimum atomic E-state index is -0.785. The molecule has 2 heterocycles. The van der Waals surface area contributed by atoms with Crippen LogP contribution in [0.25, 0.3) is 0 Å². The predicted octanol–water partition coefficient (Wildman–Crippen LogP) is 3.38. The van der Waals surface area contributed by atoms with E-state index in [1.54, 1.807) is 7.11 Å². The molecule has 0 aliphatic carbocycles. The average Bonchev–Trinajstić information content (AvgIpc) is 3.04. The first-order valence-electron chi connectivity index (χ1n) is 9.15. The van der Waals surface area contributed by atoms with Gasteiger partial charge in [-0.05, 0) is 38.5 Å². The molecule has 1 aliphatic rings. The third kappa shape index (κ3) is 3.66. The molecule has 1 aromatic carbocycles. The van der Waals surface area contributed by atoms with E-state index in [-0.39, 0.29) is 12.0 Å². The normalized spacial score (nSPS) is 18.4. The van der Waals surface area contributed by atoms with E-state index >= 15 is 0 Å². The van der Waals surface area contributed by atoms with Gasteiger partial charge in [0.05, 0.1) is 31.1 Å². The molecule has 3 rings (SSSR count). The van der Waals surface area contributed by atoms with Crippen molar-refractivity contribution in [2.75, 3.05) is 13.7 Å². The van der Waals surface area contributed by atoms with Crippen LogP contribution in [0.3, 0.4) is 0 Å². The van der Waals surface area contributed by atoms with Gasteiger partial charge in [0.1, 0.15) is 5.92 Å². The number of nitrogens with zero attached hydrogens (tertiary/aromatic N) is 2. The first-order chi connectivity index (χ1) is 13.5. The Bertz CT molecular complexity index is 900. The van der Waals surface area contributed by atoms with Gasteiger partial charge in [0, 0.05) is 18.6 Å². The van der Waals surface area contributed by atoms with E-state index < -0.39 is 11.8 Å². The summed E-state index contributed by atoms with van der Waals surface area (Å²) >= 11 is 0. The van der Waals surface area contributed by atoms with Crippen LogP contribution in [-0.4, -0.2) is 35.9 Å². The number of benzene rings is 1. The lowest BCUT2D eigenvalue weighted by atomic mass is 9.79. The van der Waals surface area contributed by atoms with Crippen molar-refractivity contribution in [1.82, 2.24) is 10.2 Å². The van der Waals surface area contributed by atoms with Crippen LogP contribution >= 0.6 is 0 Å². The van der Waals surface area contributed by atoms with Crippen LogP contribution < -0.4 is 14.2 Å². The van der Waals surface area contributed by atoms with E-state index in [0.29, 0.717) is 30.6 Å². The van der Waals surface area contributed by atoms with E-state index in [4.69, 9.17) is 24.4 Å². The molecule has 0 amide bonds. The fraction of sp³-hybridized carbons (Fsp3) is 0.450. The molecule has 0 saturated carbocycles. The molecule has 2 N–H and O–H groups in total. The second-order valence-corrected chi connectivity index (χ2v) is 6.71. The maximum Gasteiger partial charge on any atom is 0.243 e. The number of H-pyrrole nitrogens is 1. The van der Waals surface area contributed by atoms with Gasteiger partial charge in [0.15, 0.2) is 11.5 Å². The molecule has 2 aromatic rings. The average molecular weight is 384 g/mol. The monoisotopic (exact) mass is 384 g/mol. The van der Waals surface area contributed by atoms with Gasteiger partial charge in [0.2, 0.25) is 11.8 Å². The largest absolute Gasteiger partial charge is 0.490 e. The van der Waals surface area contributed by atoms with Gasteiger partial charge in [-0.15, -0.1) is 5.10 Å². The standard InChI is InChI=1S/C20H24N4O4/c1-5-26-16-8-12(6-7-15(16)27-11(2)3)17-13(9-21)19(22)28-20-18(17)14(10-25-4)23-24-20/h6-8,11,13,17,22H,5,10H2,1-4H3,(H,23,24). The highest BCUT2D eigenvalue weighted by Crippen LogP contribution is 2.45. The first kappa shape index (κ1) is 19.7. The summed E-state index contributed by atoms with van der Waals surface area (Å²) in [5, 5.41) is 24.9. The molecule has 28 heavy (non-hydrogen) atoms. The molecule has 2 unspecified atom stereocenters. The molecule has 2 atom stereocenters. The Morgan fingerprint density at radius 3 is 2.79 bits per heavy atom. The van der Waals surface area contributed by atoms with Crippen molar-refractivity contribution in [3.8, 4) is 23.4 Å². The van der Waals surface area contributed by atoms with Gasteiger partial charge in [-0.2, -0.15) is 5.26 Å². The van der Waals surface area contributed by atoms with E-state index in [1.807, 2.05) is 39.0 Å². The third-order valence-corrected chi connectivity index (χ3v) is 4.40. The Hall–Kier alpha value is -3.05. The number of nitriles is 1. The molecular formula is C20H24N4O4. The molecular weight excluding hydrogens is 360 g/mol. The van der Waals surface area contributed by atoms with Crippen LogP contribution in [0, 0.1) is 22.7 Å². The molecule has 1 aliphatic heterocycles. The summed E-state index contributed by atoms with van der Waals surface area (Å²) in [6.45, 7) is 6.57. The van der Waals surface area contributed by atoms with Crippen molar-refractivity contribution in [3.63, 3.8) is 0 Å². The molecule has 0 saturated heterocycles. The van der Waals surface area contributed by atoms with Gasteiger partial charge in [-0.3, -0.25) is 10.5 Å². The van der Waals surface area contributed by atoms with E-state index in [2.05, 4.69) is 16.3 Å². The fourth-order valence-corrected chi connectivity index (χ4v) is 3.34. The zero-order valence-electron chi connectivity index (χ0n) is 16.4.